The third-order valence-corrected chi connectivity index (χ3v) is 6.21. The molecule has 1 atom stereocenters. The Kier molecular flexibility index (Phi) is 4.88. The number of carbonyl (C=O) groups is 1. The summed E-state index contributed by atoms with van der Waals surface area (Å²) >= 11 is 1.66. The molecule has 152 valence electrons. The van der Waals surface area contributed by atoms with Gasteiger partial charge in [0, 0.05) is 31.2 Å². The SMILES string of the molecule is Cc1nc2cc(NC(=O)C3CCCN(c4ccc(-n5cccn5)nn4)C3)ccc2s1. The highest BCUT2D eigenvalue weighted by Crippen LogP contribution is 2.26. The van der Waals surface area contributed by atoms with E-state index in [0.29, 0.717) is 12.4 Å². The number of hydrogen-bond donors (Lipinski definition) is 1. The number of nitrogens with zero attached hydrogens (tertiary/aromatic N) is 6. The van der Waals surface area contributed by atoms with Crippen molar-refractivity contribution in [1.82, 2.24) is 25.0 Å². The molecule has 0 spiro atoms. The largest absolute Gasteiger partial charge is 0.354 e. The lowest BCUT2D eigenvalue weighted by Crippen LogP contribution is -2.41. The molecule has 1 aromatic carbocycles. The number of amides is 1. The molecule has 4 aromatic rings. The third-order valence-electron chi connectivity index (χ3n) is 5.25. The smallest absolute Gasteiger partial charge is 0.229 e. The van der Waals surface area contributed by atoms with Gasteiger partial charge in [0.05, 0.1) is 21.1 Å². The minimum atomic E-state index is -0.0980. The minimum Gasteiger partial charge on any atom is -0.354 e. The second-order valence-corrected chi connectivity index (χ2v) is 8.62. The minimum absolute atomic E-state index is 0.0344. The number of fused-ring (bicyclic) bond motifs is 1. The van der Waals surface area contributed by atoms with Crippen molar-refractivity contribution in [3.8, 4) is 5.82 Å². The fraction of sp³-hybridized carbons (Fsp3) is 0.286. The Labute approximate surface area is 177 Å². The predicted molar refractivity (Wildman–Crippen MR) is 117 cm³/mol. The van der Waals surface area contributed by atoms with E-state index in [9.17, 15) is 4.79 Å². The van der Waals surface area contributed by atoms with Crippen LogP contribution < -0.4 is 10.2 Å². The quantitative estimate of drug-likeness (QED) is 0.545. The summed E-state index contributed by atoms with van der Waals surface area (Å²) in [6.07, 6.45) is 5.33. The topological polar surface area (TPSA) is 88.8 Å². The highest BCUT2D eigenvalue weighted by atomic mass is 32.1. The van der Waals surface area contributed by atoms with Crippen LogP contribution in [-0.4, -0.2) is 44.0 Å². The molecule has 1 unspecified atom stereocenters. The Morgan fingerprint density at radius 1 is 1.20 bits per heavy atom. The normalized spacial score (nSPS) is 16.7. The van der Waals surface area contributed by atoms with Crippen LogP contribution in [0.3, 0.4) is 0 Å². The summed E-state index contributed by atoms with van der Waals surface area (Å²) in [5.74, 6) is 1.39. The van der Waals surface area contributed by atoms with Crippen molar-refractivity contribution < 1.29 is 4.79 Å². The third kappa shape index (κ3) is 3.76. The maximum Gasteiger partial charge on any atom is 0.229 e. The van der Waals surface area contributed by atoms with E-state index in [4.69, 9.17) is 0 Å². The van der Waals surface area contributed by atoms with Gasteiger partial charge in [0.25, 0.3) is 0 Å². The summed E-state index contributed by atoms with van der Waals surface area (Å²) in [4.78, 5) is 19.5. The lowest BCUT2D eigenvalue weighted by atomic mass is 9.97. The molecule has 0 saturated carbocycles. The molecule has 5 rings (SSSR count). The first kappa shape index (κ1) is 18.7. The second kappa shape index (κ2) is 7.83. The molecule has 0 bridgehead atoms. The molecule has 1 aliphatic heterocycles. The standard InChI is InChI=1S/C21H21N7OS/c1-14-23-17-12-16(5-6-18(17)30-14)24-21(29)15-4-2-10-27(13-15)19-7-8-20(26-25-19)28-11-3-9-22-28/h3,5-9,11-12,15H,2,4,10,13H2,1H3,(H,24,29). The zero-order valence-electron chi connectivity index (χ0n) is 16.5. The van der Waals surface area contributed by atoms with Crippen molar-refractivity contribution in [3.05, 3.63) is 53.8 Å². The number of aryl methyl sites for hydroxylation is 1. The average Bonchev–Trinajstić information content (AvgIpc) is 3.43. The number of rotatable bonds is 4. The van der Waals surface area contributed by atoms with Gasteiger partial charge in [-0.25, -0.2) is 9.67 Å². The highest BCUT2D eigenvalue weighted by Gasteiger charge is 2.27. The van der Waals surface area contributed by atoms with E-state index in [2.05, 4.69) is 30.5 Å². The van der Waals surface area contributed by atoms with Crippen molar-refractivity contribution in [1.29, 1.82) is 0 Å². The van der Waals surface area contributed by atoms with Crippen molar-refractivity contribution in [2.45, 2.75) is 19.8 Å². The fourth-order valence-corrected chi connectivity index (χ4v) is 4.58. The molecule has 1 N–H and O–H groups in total. The van der Waals surface area contributed by atoms with E-state index in [0.717, 1.165) is 46.1 Å². The molecule has 1 fully saturated rings. The number of aromatic nitrogens is 5. The van der Waals surface area contributed by atoms with Crippen LogP contribution in [0.1, 0.15) is 17.8 Å². The summed E-state index contributed by atoms with van der Waals surface area (Å²) in [7, 11) is 0. The Hall–Kier alpha value is -3.33. The molecule has 3 aromatic heterocycles. The van der Waals surface area contributed by atoms with Crippen molar-refractivity contribution in [3.63, 3.8) is 0 Å². The van der Waals surface area contributed by atoms with Gasteiger partial charge in [-0.3, -0.25) is 4.79 Å². The summed E-state index contributed by atoms with van der Waals surface area (Å²) < 4.78 is 2.80. The lowest BCUT2D eigenvalue weighted by molar-refractivity contribution is -0.120. The van der Waals surface area contributed by atoms with Gasteiger partial charge in [-0.15, -0.1) is 21.5 Å². The van der Waals surface area contributed by atoms with Crippen LogP contribution >= 0.6 is 11.3 Å². The van der Waals surface area contributed by atoms with Crippen molar-refractivity contribution >= 4 is 39.0 Å². The van der Waals surface area contributed by atoms with E-state index < -0.39 is 0 Å². The van der Waals surface area contributed by atoms with Crippen LogP contribution in [0.4, 0.5) is 11.5 Å². The number of nitrogens with one attached hydrogen (secondary N) is 1. The number of benzene rings is 1. The first-order chi connectivity index (χ1) is 14.7. The maximum absolute atomic E-state index is 12.9. The average molecular weight is 420 g/mol. The van der Waals surface area contributed by atoms with E-state index in [1.807, 2.05) is 49.5 Å². The first-order valence-corrected chi connectivity index (χ1v) is 10.7. The Balaban J connectivity index is 1.26. The molecule has 1 saturated heterocycles. The van der Waals surface area contributed by atoms with Crippen LogP contribution in [0.5, 0.6) is 0 Å². The monoisotopic (exact) mass is 419 g/mol. The summed E-state index contributed by atoms with van der Waals surface area (Å²) in [6.45, 7) is 3.48. The lowest BCUT2D eigenvalue weighted by Gasteiger charge is -2.32. The van der Waals surface area contributed by atoms with E-state index in [1.54, 1.807) is 22.2 Å². The number of carbonyl (C=O) groups excluding carboxylic acids is 1. The van der Waals surface area contributed by atoms with Crippen LogP contribution in [0, 0.1) is 12.8 Å². The number of hydrogen-bond acceptors (Lipinski definition) is 7. The summed E-state index contributed by atoms with van der Waals surface area (Å²) in [6, 6.07) is 11.6. The van der Waals surface area contributed by atoms with Gasteiger partial charge in [-0.2, -0.15) is 5.10 Å². The van der Waals surface area contributed by atoms with Gasteiger partial charge in [0.1, 0.15) is 0 Å². The van der Waals surface area contributed by atoms with E-state index in [-0.39, 0.29) is 11.8 Å². The predicted octanol–water partition coefficient (Wildman–Crippen LogP) is 3.44. The molecular weight excluding hydrogens is 398 g/mol. The number of thiazole rings is 1. The zero-order chi connectivity index (χ0) is 20.5. The molecule has 0 aliphatic carbocycles. The second-order valence-electron chi connectivity index (χ2n) is 7.39. The van der Waals surface area contributed by atoms with E-state index in [1.165, 1.54) is 0 Å². The van der Waals surface area contributed by atoms with Gasteiger partial charge in [-0.05, 0) is 56.2 Å². The summed E-state index contributed by atoms with van der Waals surface area (Å²) in [5.41, 5.74) is 1.71. The zero-order valence-corrected chi connectivity index (χ0v) is 17.3. The molecule has 1 amide bonds. The van der Waals surface area contributed by atoms with Crippen molar-refractivity contribution in [2.24, 2.45) is 5.92 Å². The van der Waals surface area contributed by atoms with Crippen LogP contribution in [0.15, 0.2) is 48.8 Å². The van der Waals surface area contributed by atoms with Gasteiger partial charge in [-0.1, -0.05) is 0 Å². The molecule has 9 heteroatoms. The van der Waals surface area contributed by atoms with Crippen molar-refractivity contribution in [2.75, 3.05) is 23.3 Å². The van der Waals surface area contributed by atoms with Crippen LogP contribution in [0.2, 0.25) is 0 Å². The van der Waals surface area contributed by atoms with E-state index >= 15 is 0 Å². The Morgan fingerprint density at radius 3 is 2.87 bits per heavy atom. The van der Waals surface area contributed by atoms with Gasteiger partial charge < -0.3 is 10.2 Å². The van der Waals surface area contributed by atoms with Gasteiger partial charge in [0.15, 0.2) is 11.6 Å². The molecule has 8 nitrogen and oxygen atoms in total. The Bertz CT molecular complexity index is 1170. The molecule has 1 aliphatic rings. The highest BCUT2D eigenvalue weighted by molar-refractivity contribution is 7.18. The Morgan fingerprint density at radius 2 is 2.07 bits per heavy atom. The summed E-state index contributed by atoms with van der Waals surface area (Å²) in [5, 5.41) is 16.9. The first-order valence-electron chi connectivity index (χ1n) is 9.92. The van der Waals surface area contributed by atoms with Gasteiger partial charge >= 0.3 is 0 Å². The molecule has 4 heterocycles. The fourth-order valence-electron chi connectivity index (χ4n) is 3.78. The molecule has 30 heavy (non-hydrogen) atoms. The molecule has 0 radical (unpaired) electrons. The maximum atomic E-state index is 12.9. The molecular formula is C21H21N7OS. The number of piperidine rings is 1. The van der Waals surface area contributed by atoms with Gasteiger partial charge in [0.2, 0.25) is 5.91 Å². The number of anilines is 2. The van der Waals surface area contributed by atoms with Crippen LogP contribution in [0.25, 0.3) is 16.0 Å². The van der Waals surface area contributed by atoms with Crippen LogP contribution in [-0.2, 0) is 4.79 Å².